The lowest BCUT2D eigenvalue weighted by atomic mass is 10.2. The lowest BCUT2D eigenvalue weighted by Crippen LogP contribution is -2.33. The number of ether oxygens (including phenoxy) is 1. The minimum absolute atomic E-state index is 0.530. The maximum absolute atomic E-state index is 5.67. The van der Waals surface area contributed by atoms with Crippen LogP contribution in [0.1, 0.15) is 32.1 Å². The molecule has 0 aromatic carbocycles. The van der Waals surface area contributed by atoms with Crippen LogP contribution in [-0.4, -0.2) is 42.1 Å². The number of hydrogen-bond donors (Lipinski definition) is 0. The zero-order chi connectivity index (χ0) is 9.80. The van der Waals surface area contributed by atoms with Crippen LogP contribution in [0.25, 0.3) is 0 Å². The molecule has 2 saturated heterocycles. The van der Waals surface area contributed by atoms with Crippen LogP contribution in [-0.2, 0) is 4.74 Å². The standard InChI is InChI=1S/C11H20BrNO/c12-10-3-1-6-13(7-5-10)9-11-4-2-8-14-11/h10-11H,1-9H2. The molecule has 0 radical (unpaired) electrons. The lowest BCUT2D eigenvalue weighted by Gasteiger charge is -2.23. The van der Waals surface area contributed by atoms with Crippen LogP contribution in [0, 0.1) is 0 Å². The minimum atomic E-state index is 0.530. The van der Waals surface area contributed by atoms with Gasteiger partial charge in [-0.2, -0.15) is 0 Å². The molecule has 2 heterocycles. The smallest absolute Gasteiger partial charge is 0.0702 e. The van der Waals surface area contributed by atoms with E-state index in [2.05, 4.69) is 20.8 Å². The van der Waals surface area contributed by atoms with Crippen LogP contribution in [0.5, 0.6) is 0 Å². The third-order valence-corrected chi connectivity index (χ3v) is 4.15. The summed E-state index contributed by atoms with van der Waals surface area (Å²) in [5.74, 6) is 0. The summed E-state index contributed by atoms with van der Waals surface area (Å²) in [5, 5.41) is 0. The number of likely N-dealkylation sites (tertiary alicyclic amines) is 1. The molecule has 3 heteroatoms. The van der Waals surface area contributed by atoms with Crippen LogP contribution in [0.3, 0.4) is 0 Å². The zero-order valence-electron chi connectivity index (χ0n) is 8.75. The fraction of sp³-hybridized carbons (Fsp3) is 1.00. The summed E-state index contributed by atoms with van der Waals surface area (Å²) in [6.07, 6.45) is 7.03. The summed E-state index contributed by atoms with van der Waals surface area (Å²) < 4.78 is 5.67. The Hall–Kier alpha value is 0.400. The Balaban J connectivity index is 1.73. The Bertz CT molecular complexity index is 171. The lowest BCUT2D eigenvalue weighted by molar-refractivity contribution is 0.0744. The van der Waals surface area contributed by atoms with E-state index in [1.165, 1.54) is 51.7 Å². The van der Waals surface area contributed by atoms with Crippen molar-refractivity contribution in [2.75, 3.05) is 26.2 Å². The molecular weight excluding hydrogens is 242 g/mol. The second-order valence-electron chi connectivity index (χ2n) is 4.46. The van der Waals surface area contributed by atoms with Crippen LogP contribution in [0.2, 0.25) is 0 Å². The van der Waals surface area contributed by atoms with Crippen molar-refractivity contribution in [3.8, 4) is 0 Å². The molecule has 14 heavy (non-hydrogen) atoms. The third-order valence-electron chi connectivity index (χ3n) is 3.24. The van der Waals surface area contributed by atoms with E-state index in [1.54, 1.807) is 0 Å². The molecule has 0 aromatic heterocycles. The average molecular weight is 262 g/mol. The quantitative estimate of drug-likeness (QED) is 0.709. The van der Waals surface area contributed by atoms with E-state index in [0.29, 0.717) is 6.10 Å². The van der Waals surface area contributed by atoms with Crippen LogP contribution < -0.4 is 0 Å². The van der Waals surface area contributed by atoms with Gasteiger partial charge in [-0.3, -0.25) is 0 Å². The van der Waals surface area contributed by atoms with Gasteiger partial charge in [0.25, 0.3) is 0 Å². The van der Waals surface area contributed by atoms with Gasteiger partial charge in [-0.15, -0.1) is 0 Å². The predicted molar refractivity (Wildman–Crippen MR) is 62.0 cm³/mol. The van der Waals surface area contributed by atoms with E-state index >= 15 is 0 Å². The van der Waals surface area contributed by atoms with Crippen molar-refractivity contribution in [2.45, 2.75) is 43.0 Å². The van der Waals surface area contributed by atoms with E-state index in [4.69, 9.17) is 4.74 Å². The summed E-state index contributed by atoms with van der Waals surface area (Å²) in [4.78, 5) is 3.33. The Morgan fingerprint density at radius 3 is 2.86 bits per heavy atom. The molecule has 2 aliphatic rings. The van der Waals surface area contributed by atoms with E-state index in [9.17, 15) is 0 Å². The Labute approximate surface area is 95.1 Å². The second-order valence-corrected chi connectivity index (χ2v) is 5.76. The minimum Gasteiger partial charge on any atom is -0.377 e. The molecule has 2 nitrogen and oxygen atoms in total. The SMILES string of the molecule is BrC1CCCN(CC2CCCO2)CC1. The molecule has 0 aliphatic carbocycles. The molecule has 2 unspecified atom stereocenters. The van der Waals surface area contributed by atoms with Crippen molar-refractivity contribution >= 4 is 15.9 Å². The first-order valence-electron chi connectivity index (χ1n) is 5.82. The first-order valence-corrected chi connectivity index (χ1v) is 6.74. The molecule has 82 valence electrons. The van der Waals surface area contributed by atoms with Crippen molar-refractivity contribution in [2.24, 2.45) is 0 Å². The maximum Gasteiger partial charge on any atom is 0.0702 e. The maximum atomic E-state index is 5.67. The van der Waals surface area contributed by atoms with E-state index < -0.39 is 0 Å². The molecule has 0 bridgehead atoms. The first kappa shape index (κ1) is 10.9. The number of rotatable bonds is 2. The largest absolute Gasteiger partial charge is 0.377 e. The van der Waals surface area contributed by atoms with Crippen molar-refractivity contribution in [3.63, 3.8) is 0 Å². The topological polar surface area (TPSA) is 12.5 Å². The highest BCUT2D eigenvalue weighted by Gasteiger charge is 2.21. The van der Waals surface area contributed by atoms with Crippen molar-refractivity contribution in [1.82, 2.24) is 4.90 Å². The molecule has 0 saturated carbocycles. The fourth-order valence-electron chi connectivity index (χ4n) is 2.37. The molecule has 0 N–H and O–H groups in total. The molecular formula is C11H20BrNO. The van der Waals surface area contributed by atoms with Crippen LogP contribution >= 0.6 is 15.9 Å². The zero-order valence-corrected chi connectivity index (χ0v) is 10.3. The molecule has 0 amide bonds. The Morgan fingerprint density at radius 1 is 1.14 bits per heavy atom. The van der Waals surface area contributed by atoms with Crippen LogP contribution in [0.4, 0.5) is 0 Å². The monoisotopic (exact) mass is 261 g/mol. The van der Waals surface area contributed by atoms with Gasteiger partial charge in [0, 0.05) is 18.0 Å². The van der Waals surface area contributed by atoms with Crippen LogP contribution in [0.15, 0.2) is 0 Å². The number of alkyl halides is 1. The number of halogens is 1. The average Bonchev–Trinajstić information content (AvgIpc) is 2.58. The molecule has 2 fully saturated rings. The van der Waals surface area contributed by atoms with Crippen molar-refractivity contribution in [3.05, 3.63) is 0 Å². The summed E-state index contributed by atoms with van der Waals surface area (Å²) >= 11 is 3.72. The Morgan fingerprint density at radius 2 is 2.07 bits per heavy atom. The Kier molecular flexibility index (Phi) is 4.26. The number of hydrogen-bond acceptors (Lipinski definition) is 2. The fourth-order valence-corrected chi connectivity index (χ4v) is 2.90. The highest BCUT2D eigenvalue weighted by atomic mass is 79.9. The predicted octanol–water partition coefficient (Wildman–Crippen LogP) is 2.41. The third kappa shape index (κ3) is 3.21. The van der Waals surface area contributed by atoms with Gasteiger partial charge < -0.3 is 9.64 Å². The molecule has 0 spiro atoms. The van der Waals surface area contributed by atoms with Gasteiger partial charge in [-0.25, -0.2) is 0 Å². The van der Waals surface area contributed by atoms with Gasteiger partial charge in [0.1, 0.15) is 0 Å². The van der Waals surface area contributed by atoms with E-state index in [1.807, 2.05) is 0 Å². The molecule has 2 aliphatic heterocycles. The molecule has 2 atom stereocenters. The summed E-state index contributed by atoms with van der Waals surface area (Å²) in [5.41, 5.74) is 0. The first-order chi connectivity index (χ1) is 6.84. The van der Waals surface area contributed by atoms with Gasteiger partial charge in [0.15, 0.2) is 0 Å². The summed E-state index contributed by atoms with van der Waals surface area (Å²) in [6.45, 7) is 4.66. The molecule has 2 rings (SSSR count). The second kappa shape index (κ2) is 5.47. The van der Waals surface area contributed by atoms with Crippen molar-refractivity contribution < 1.29 is 4.74 Å². The summed E-state index contributed by atoms with van der Waals surface area (Å²) in [7, 11) is 0. The van der Waals surface area contributed by atoms with E-state index in [0.717, 1.165) is 11.4 Å². The van der Waals surface area contributed by atoms with Gasteiger partial charge in [-0.1, -0.05) is 15.9 Å². The van der Waals surface area contributed by atoms with E-state index in [-0.39, 0.29) is 0 Å². The number of nitrogens with zero attached hydrogens (tertiary/aromatic N) is 1. The van der Waals surface area contributed by atoms with Gasteiger partial charge in [0.2, 0.25) is 0 Å². The summed E-state index contributed by atoms with van der Waals surface area (Å²) in [6, 6.07) is 0. The van der Waals surface area contributed by atoms with Crippen molar-refractivity contribution in [1.29, 1.82) is 0 Å². The normalized spacial score (nSPS) is 35.8. The van der Waals surface area contributed by atoms with Gasteiger partial charge in [0.05, 0.1) is 6.10 Å². The van der Waals surface area contributed by atoms with Gasteiger partial charge in [-0.05, 0) is 45.2 Å². The highest BCUT2D eigenvalue weighted by molar-refractivity contribution is 9.09. The van der Waals surface area contributed by atoms with Gasteiger partial charge >= 0.3 is 0 Å². The highest BCUT2D eigenvalue weighted by Crippen LogP contribution is 2.20. The molecule has 0 aromatic rings.